The number of nitrogens with zero attached hydrogens (tertiary/aromatic N) is 1. The fourth-order valence-corrected chi connectivity index (χ4v) is 3.03. The van der Waals surface area contributed by atoms with Gasteiger partial charge in [0.2, 0.25) is 0 Å². The summed E-state index contributed by atoms with van der Waals surface area (Å²) in [5.41, 5.74) is -3.87. The van der Waals surface area contributed by atoms with Gasteiger partial charge in [0.15, 0.2) is 0 Å². The van der Waals surface area contributed by atoms with Crippen molar-refractivity contribution in [3.05, 3.63) is 63.1 Å². The topological polar surface area (TPSA) is 66.8 Å². The number of alkyl halides is 3. The number of ether oxygens (including phenoxy) is 1. The van der Waals surface area contributed by atoms with Gasteiger partial charge >= 0.3 is 12.1 Å². The highest BCUT2D eigenvalue weighted by Gasteiger charge is 2.62. The molecule has 0 fully saturated rings. The van der Waals surface area contributed by atoms with Crippen LogP contribution in [0.3, 0.4) is 0 Å². The molecule has 29 heavy (non-hydrogen) atoms. The summed E-state index contributed by atoms with van der Waals surface area (Å²) in [5.74, 6) is -2.35. The molecule has 2 aromatic carbocycles. The number of benzene rings is 2. The Morgan fingerprint density at radius 3 is 2.17 bits per heavy atom. The van der Waals surface area contributed by atoms with Crippen LogP contribution in [0.15, 0.2) is 36.4 Å². The first-order valence-electron chi connectivity index (χ1n) is 8.06. The van der Waals surface area contributed by atoms with Crippen molar-refractivity contribution in [1.29, 1.82) is 0 Å². The minimum atomic E-state index is -5.31. The maximum absolute atomic E-state index is 13.4. The van der Waals surface area contributed by atoms with E-state index in [1.807, 2.05) is 0 Å². The summed E-state index contributed by atoms with van der Waals surface area (Å²) in [7, 11) is 2.16. The molecular weight excluding hydrogens is 434 g/mol. The molecule has 0 aliphatic carbocycles. The second kappa shape index (κ2) is 8.22. The molecule has 1 amide bonds. The maximum Gasteiger partial charge on any atom is 0.432 e. The van der Waals surface area contributed by atoms with E-state index in [1.54, 1.807) is 0 Å². The van der Waals surface area contributed by atoms with Gasteiger partial charge < -0.3 is 14.7 Å². The van der Waals surface area contributed by atoms with Crippen LogP contribution in [0.2, 0.25) is 10.0 Å². The molecule has 0 aliphatic rings. The van der Waals surface area contributed by atoms with Crippen LogP contribution in [0, 0.1) is 6.92 Å². The van der Waals surface area contributed by atoms with E-state index < -0.39 is 29.2 Å². The Labute approximate surface area is 174 Å². The molecule has 1 N–H and O–H groups in total. The number of carbonyl (C=O) groups excluding carboxylic acids is 2. The summed E-state index contributed by atoms with van der Waals surface area (Å²) >= 11 is 11.7. The van der Waals surface area contributed by atoms with Gasteiger partial charge in [0.1, 0.15) is 0 Å². The van der Waals surface area contributed by atoms with Gasteiger partial charge in [0.05, 0.1) is 17.2 Å². The van der Waals surface area contributed by atoms with E-state index in [9.17, 15) is 27.9 Å². The molecule has 156 valence electrons. The molecule has 0 heterocycles. The third-order valence-corrected chi connectivity index (χ3v) is 5.08. The molecule has 1 atom stereocenters. The SMILES string of the molecule is COC(=O)[C@](O)(c1ccc(N(C)C(=O)c2ccc(Cl)c(Cl)c2)c(C)c1)C(F)(F)F. The van der Waals surface area contributed by atoms with Crippen molar-refractivity contribution < 1.29 is 32.6 Å². The van der Waals surface area contributed by atoms with E-state index >= 15 is 0 Å². The Morgan fingerprint density at radius 2 is 1.69 bits per heavy atom. The van der Waals surface area contributed by atoms with E-state index in [0.29, 0.717) is 0 Å². The third-order valence-electron chi connectivity index (χ3n) is 4.34. The fraction of sp³-hybridized carbons (Fsp3) is 0.263. The zero-order valence-corrected chi connectivity index (χ0v) is 17.0. The average molecular weight is 450 g/mol. The first-order chi connectivity index (χ1) is 13.3. The van der Waals surface area contributed by atoms with E-state index in [4.69, 9.17) is 23.2 Å². The maximum atomic E-state index is 13.4. The van der Waals surface area contributed by atoms with Crippen molar-refractivity contribution in [1.82, 2.24) is 0 Å². The minimum absolute atomic E-state index is 0.173. The van der Waals surface area contributed by atoms with Crippen LogP contribution in [0.5, 0.6) is 0 Å². The number of hydrogen-bond acceptors (Lipinski definition) is 4. The molecular formula is C19H16Cl2F3NO4. The Hall–Kier alpha value is -2.29. The number of carbonyl (C=O) groups is 2. The van der Waals surface area contributed by atoms with E-state index in [2.05, 4.69) is 4.74 Å². The monoisotopic (exact) mass is 449 g/mol. The molecule has 0 spiro atoms. The van der Waals surface area contributed by atoms with Gasteiger partial charge in [0.25, 0.3) is 11.5 Å². The summed E-state index contributed by atoms with van der Waals surface area (Å²) in [6.07, 6.45) is -5.31. The number of hydrogen-bond donors (Lipinski definition) is 1. The van der Waals surface area contributed by atoms with E-state index in [1.165, 1.54) is 43.1 Å². The molecule has 0 radical (unpaired) electrons. The smallest absolute Gasteiger partial charge is 0.432 e. The van der Waals surface area contributed by atoms with Crippen molar-refractivity contribution in [2.24, 2.45) is 0 Å². The van der Waals surface area contributed by atoms with Gasteiger partial charge in [0, 0.05) is 23.9 Å². The first kappa shape index (κ1) is 23.0. The number of rotatable bonds is 4. The molecule has 0 aromatic heterocycles. The molecule has 0 unspecified atom stereocenters. The third kappa shape index (κ3) is 4.19. The number of aryl methyl sites for hydroxylation is 1. The Morgan fingerprint density at radius 1 is 1.07 bits per heavy atom. The largest absolute Gasteiger partial charge is 0.466 e. The summed E-state index contributed by atoms with van der Waals surface area (Å²) in [4.78, 5) is 25.6. The summed E-state index contributed by atoms with van der Waals surface area (Å²) in [5, 5.41) is 10.5. The minimum Gasteiger partial charge on any atom is -0.466 e. The summed E-state index contributed by atoms with van der Waals surface area (Å²) in [6, 6.07) is 7.34. The van der Waals surface area contributed by atoms with Crippen molar-refractivity contribution in [3.63, 3.8) is 0 Å². The van der Waals surface area contributed by atoms with Gasteiger partial charge in [-0.25, -0.2) is 4.79 Å². The molecule has 0 saturated carbocycles. The van der Waals surface area contributed by atoms with E-state index in [-0.39, 0.29) is 26.9 Å². The highest BCUT2D eigenvalue weighted by atomic mass is 35.5. The molecule has 0 saturated heterocycles. The van der Waals surface area contributed by atoms with Crippen LogP contribution in [0.1, 0.15) is 21.5 Å². The summed E-state index contributed by atoms with van der Waals surface area (Å²) in [6.45, 7) is 1.44. The van der Waals surface area contributed by atoms with Crippen LogP contribution in [0.4, 0.5) is 18.9 Å². The normalized spacial score (nSPS) is 13.6. The zero-order chi connectivity index (χ0) is 22.1. The number of anilines is 1. The molecule has 2 rings (SSSR count). The molecule has 2 aromatic rings. The number of aliphatic hydroxyl groups is 1. The van der Waals surface area contributed by atoms with Crippen molar-refractivity contribution >= 4 is 40.8 Å². The number of halogens is 5. The lowest BCUT2D eigenvalue weighted by molar-refractivity contribution is -0.266. The van der Waals surface area contributed by atoms with Crippen molar-refractivity contribution in [3.8, 4) is 0 Å². The van der Waals surface area contributed by atoms with E-state index in [0.717, 1.165) is 19.2 Å². The van der Waals surface area contributed by atoms with Crippen molar-refractivity contribution in [2.45, 2.75) is 18.7 Å². The van der Waals surface area contributed by atoms with Gasteiger partial charge in [-0.2, -0.15) is 13.2 Å². The number of amides is 1. The highest BCUT2D eigenvalue weighted by Crippen LogP contribution is 2.41. The van der Waals surface area contributed by atoms with Crippen LogP contribution in [-0.2, 0) is 15.1 Å². The predicted molar refractivity (Wildman–Crippen MR) is 102 cm³/mol. The summed E-state index contributed by atoms with van der Waals surface area (Å²) < 4.78 is 44.3. The highest BCUT2D eigenvalue weighted by molar-refractivity contribution is 6.42. The second-order valence-corrected chi connectivity index (χ2v) is 7.01. The van der Waals surface area contributed by atoms with Gasteiger partial charge in [-0.15, -0.1) is 0 Å². The molecule has 5 nitrogen and oxygen atoms in total. The molecule has 0 aliphatic heterocycles. The van der Waals surface area contributed by atoms with Crippen LogP contribution in [-0.4, -0.2) is 37.3 Å². The quantitative estimate of drug-likeness (QED) is 0.697. The number of methoxy groups -OCH3 is 1. The van der Waals surface area contributed by atoms with Gasteiger partial charge in [-0.1, -0.05) is 35.3 Å². The first-order valence-corrected chi connectivity index (χ1v) is 8.82. The standard InChI is InChI=1S/C19H16Cl2F3NO4/c1-10-8-12(18(28,17(27)29-3)19(22,23)24)5-7-15(10)25(2)16(26)11-4-6-13(20)14(21)9-11/h4-9,28H,1-3H3/t18-/m1/s1. The van der Waals surface area contributed by atoms with Crippen LogP contribution >= 0.6 is 23.2 Å². The lowest BCUT2D eigenvalue weighted by Gasteiger charge is -2.29. The van der Waals surface area contributed by atoms with Gasteiger partial charge in [-0.3, -0.25) is 4.79 Å². The Bertz CT molecular complexity index is 965. The van der Waals surface area contributed by atoms with Crippen molar-refractivity contribution in [2.75, 3.05) is 19.1 Å². The predicted octanol–water partition coefficient (Wildman–Crippen LogP) is 4.50. The number of esters is 1. The Balaban J connectivity index is 2.46. The molecule has 10 heteroatoms. The second-order valence-electron chi connectivity index (χ2n) is 6.19. The average Bonchev–Trinajstić information content (AvgIpc) is 2.66. The zero-order valence-electron chi connectivity index (χ0n) is 15.5. The van der Waals surface area contributed by atoms with Gasteiger partial charge in [-0.05, 0) is 36.8 Å². The Kier molecular flexibility index (Phi) is 6.51. The fourth-order valence-electron chi connectivity index (χ4n) is 2.73. The lowest BCUT2D eigenvalue weighted by atomic mass is 9.91. The molecule has 0 bridgehead atoms. The van der Waals surface area contributed by atoms with Crippen LogP contribution in [0.25, 0.3) is 0 Å². The lowest BCUT2D eigenvalue weighted by Crippen LogP contribution is -2.49. The van der Waals surface area contributed by atoms with Crippen LogP contribution < -0.4 is 4.90 Å².